The van der Waals surface area contributed by atoms with E-state index in [4.69, 9.17) is 0 Å². The molecule has 0 heteroatoms. The van der Waals surface area contributed by atoms with Crippen LogP contribution in [0.4, 0.5) is 0 Å². The van der Waals surface area contributed by atoms with Gasteiger partial charge in [-0.1, -0.05) is 95.6 Å². The van der Waals surface area contributed by atoms with E-state index in [-0.39, 0.29) is 0 Å². The summed E-state index contributed by atoms with van der Waals surface area (Å²) in [6.45, 7) is 4.66. The van der Waals surface area contributed by atoms with Crippen molar-refractivity contribution in [2.24, 2.45) is 11.8 Å². The van der Waals surface area contributed by atoms with Crippen LogP contribution in [0.2, 0.25) is 0 Å². The van der Waals surface area contributed by atoms with Crippen molar-refractivity contribution in [2.75, 3.05) is 0 Å². The minimum Gasteiger partial charge on any atom is -0.0804 e. The molecule has 3 rings (SSSR count). The fraction of sp³-hybridized carbons (Fsp3) is 0.714. The third-order valence-electron chi connectivity index (χ3n) is 7.66. The van der Waals surface area contributed by atoms with Crippen molar-refractivity contribution < 1.29 is 0 Å². The van der Waals surface area contributed by atoms with Crippen LogP contribution in [0, 0.1) is 11.8 Å². The van der Waals surface area contributed by atoms with Crippen LogP contribution in [0.15, 0.2) is 30.3 Å². The Morgan fingerprint density at radius 3 is 2.11 bits per heavy atom. The minimum absolute atomic E-state index is 0.818. The summed E-state index contributed by atoms with van der Waals surface area (Å²) in [7, 11) is 0. The molecule has 1 atom stereocenters. The van der Waals surface area contributed by atoms with Gasteiger partial charge in [-0.05, 0) is 79.4 Å². The molecular weight excluding hydrogens is 336 g/mol. The van der Waals surface area contributed by atoms with E-state index in [0.29, 0.717) is 0 Å². The summed E-state index contributed by atoms with van der Waals surface area (Å²) < 4.78 is 0. The molecule has 1 fully saturated rings. The fourth-order valence-corrected chi connectivity index (χ4v) is 5.50. The van der Waals surface area contributed by atoms with Crippen molar-refractivity contribution in [3.8, 4) is 0 Å². The maximum absolute atomic E-state index is 2.56. The van der Waals surface area contributed by atoms with Gasteiger partial charge in [-0.2, -0.15) is 0 Å². The van der Waals surface area contributed by atoms with Gasteiger partial charge in [0.05, 0.1) is 0 Å². The van der Waals surface area contributed by atoms with Crippen LogP contribution >= 0.6 is 0 Å². The topological polar surface area (TPSA) is 0 Å². The quantitative estimate of drug-likeness (QED) is 0.355. The van der Waals surface area contributed by atoms with Crippen molar-refractivity contribution >= 4 is 5.57 Å². The molecule has 0 aromatic heterocycles. The third kappa shape index (κ3) is 6.50. The number of rotatable bonds is 10. The molecule has 0 amide bonds. The Bertz CT molecular complexity index is 571. The lowest BCUT2D eigenvalue weighted by Crippen LogP contribution is -2.12. The Kier molecular flexibility index (Phi) is 9.16. The van der Waals surface area contributed by atoms with Crippen molar-refractivity contribution in [3.05, 3.63) is 41.5 Å². The molecule has 156 valence electrons. The van der Waals surface area contributed by atoms with Gasteiger partial charge in [0.1, 0.15) is 0 Å². The van der Waals surface area contributed by atoms with Gasteiger partial charge in [0.15, 0.2) is 0 Å². The molecule has 0 saturated heterocycles. The summed E-state index contributed by atoms with van der Waals surface area (Å²) in [5.74, 6) is 2.76. The Morgan fingerprint density at radius 2 is 1.46 bits per heavy atom. The average molecular weight is 381 g/mol. The monoisotopic (exact) mass is 380 g/mol. The van der Waals surface area contributed by atoms with Crippen LogP contribution in [0.1, 0.15) is 127 Å². The smallest absolute Gasteiger partial charge is 0.0162 e. The molecule has 0 heterocycles. The van der Waals surface area contributed by atoms with Crippen molar-refractivity contribution in [1.82, 2.24) is 0 Å². The van der Waals surface area contributed by atoms with E-state index < -0.39 is 0 Å². The largest absolute Gasteiger partial charge is 0.0804 e. The maximum atomic E-state index is 2.56. The van der Waals surface area contributed by atoms with E-state index in [1.165, 1.54) is 102 Å². The van der Waals surface area contributed by atoms with Gasteiger partial charge < -0.3 is 0 Å². The zero-order valence-corrected chi connectivity index (χ0v) is 18.7. The molecule has 0 bridgehead atoms. The first-order valence-electron chi connectivity index (χ1n) is 12.6. The van der Waals surface area contributed by atoms with E-state index in [1.54, 1.807) is 11.1 Å². The lowest BCUT2D eigenvalue weighted by molar-refractivity contribution is 0.319. The van der Waals surface area contributed by atoms with Crippen LogP contribution in [0.5, 0.6) is 0 Å². The fourth-order valence-electron chi connectivity index (χ4n) is 5.50. The summed E-state index contributed by atoms with van der Waals surface area (Å²) >= 11 is 0. The van der Waals surface area contributed by atoms with E-state index >= 15 is 0 Å². The number of benzene rings is 1. The molecular formula is C28H44. The molecule has 0 nitrogen and oxygen atoms in total. The second-order valence-electron chi connectivity index (χ2n) is 9.67. The van der Waals surface area contributed by atoms with Crippen LogP contribution in [-0.4, -0.2) is 0 Å². The minimum atomic E-state index is 0.818. The summed E-state index contributed by atoms with van der Waals surface area (Å²) in [4.78, 5) is 0. The molecule has 1 saturated carbocycles. The molecule has 1 aromatic rings. The van der Waals surface area contributed by atoms with Gasteiger partial charge >= 0.3 is 0 Å². The summed E-state index contributed by atoms with van der Waals surface area (Å²) in [6, 6.07) is 9.72. The van der Waals surface area contributed by atoms with Gasteiger partial charge in [-0.3, -0.25) is 0 Å². The first-order valence-corrected chi connectivity index (χ1v) is 12.6. The predicted molar refractivity (Wildman–Crippen MR) is 125 cm³/mol. The molecule has 0 N–H and O–H groups in total. The van der Waals surface area contributed by atoms with Crippen LogP contribution in [0.3, 0.4) is 0 Å². The highest BCUT2D eigenvalue weighted by atomic mass is 14.3. The third-order valence-corrected chi connectivity index (χ3v) is 7.66. The van der Waals surface area contributed by atoms with E-state index in [1.807, 2.05) is 0 Å². The Morgan fingerprint density at radius 1 is 0.750 bits per heavy atom. The highest BCUT2D eigenvalue weighted by molar-refractivity contribution is 5.66. The molecule has 0 spiro atoms. The highest BCUT2D eigenvalue weighted by Crippen LogP contribution is 2.38. The number of allylic oxidation sites excluding steroid dienone is 2. The van der Waals surface area contributed by atoms with E-state index in [0.717, 1.165) is 17.8 Å². The van der Waals surface area contributed by atoms with E-state index in [2.05, 4.69) is 44.2 Å². The zero-order chi connectivity index (χ0) is 19.6. The van der Waals surface area contributed by atoms with Gasteiger partial charge in [0, 0.05) is 0 Å². The number of unbranched alkanes of at least 4 members (excludes halogenated alkanes) is 5. The molecule has 2 aliphatic rings. The first kappa shape index (κ1) is 21.7. The van der Waals surface area contributed by atoms with Crippen molar-refractivity contribution in [2.45, 2.75) is 116 Å². The second kappa shape index (κ2) is 11.8. The Hall–Kier alpha value is -1.04. The molecule has 1 aromatic carbocycles. The van der Waals surface area contributed by atoms with Crippen LogP contribution in [-0.2, 0) is 0 Å². The van der Waals surface area contributed by atoms with Gasteiger partial charge in [0.25, 0.3) is 0 Å². The standard InChI is InChI=1S/C28H44/c1-3-5-6-7-8-9-10-24-13-17-26(18-14-24)28-21-19-27(20-22-28)25-15-11-23(4-2)12-16-25/h17,19-25H,3-16,18H2,1-2H3/t23-,24?,25-. The van der Waals surface area contributed by atoms with Gasteiger partial charge in [0.2, 0.25) is 0 Å². The normalized spacial score (nSPS) is 25.5. The number of hydrogen-bond acceptors (Lipinski definition) is 0. The number of hydrogen-bond donors (Lipinski definition) is 0. The summed E-state index contributed by atoms with van der Waals surface area (Å²) in [5, 5.41) is 0. The maximum Gasteiger partial charge on any atom is -0.0162 e. The van der Waals surface area contributed by atoms with Gasteiger partial charge in [-0.25, -0.2) is 0 Å². The predicted octanol–water partition coefficient (Wildman–Crippen LogP) is 9.30. The molecule has 0 aliphatic heterocycles. The first-order chi connectivity index (χ1) is 13.8. The molecule has 0 radical (unpaired) electrons. The van der Waals surface area contributed by atoms with Crippen molar-refractivity contribution in [1.29, 1.82) is 0 Å². The average Bonchev–Trinajstić information content (AvgIpc) is 2.77. The molecule has 28 heavy (non-hydrogen) atoms. The van der Waals surface area contributed by atoms with Crippen LogP contribution in [0.25, 0.3) is 5.57 Å². The Labute approximate surface area is 175 Å². The lowest BCUT2D eigenvalue weighted by atomic mass is 9.77. The highest BCUT2D eigenvalue weighted by Gasteiger charge is 2.21. The lowest BCUT2D eigenvalue weighted by Gasteiger charge is -2.28. The second-order valence-corrected chi connectivity index (χ2v) is 9.67. The Balaban J connectivity index is 1.42. The zero-order valence-electron chi connectivity index (χ0n) is 18.7. The van der Waals surface area contributed by atoms with Crippen LogP contribution < -0.4 is 0 Å². The van der Waals surface area contributed by atoms with Gasteiger partial charge in [-0.15, -0.1) is 0 Å². The summed E-state index contributed by atoms with van der Waals surface area (Å²) in [6.07, 6.45) is 23.7. The molecule has 1 unspecified atom stereocenters. The SMILES string of the molecule is CCCCCCCCC1CC=C(c2ccc([C@H]3CC[C@H](CC)CC3)cc2)CC1. The summed E-state index contributed by atoms with van der Waals surface area (Å²) in [5.41, 5.74) is 4.69. The van der Waals surface area contributed by atoms with E-state index in [9.17, 15) is 0 Å². The molecule has 2 aliphatic carbocycles. The van der Waals surface area contributed by atoms with Crippen molar-refractivity contribution in [3.63, 3.8) is 0 Å².